The molecule has 18 heteroatoms. The first-order valence-corrected chi connectivity index (χ1v) is 28.8. The molecule has 0 saturated carbocycles. The van der Waals surface area contributed by atoms with Crippen LogP contribution in [0.15, 0.2) is 36.4 Å². The van der Waals surface area contributed by atoms with Gasteiger partial charge in [0.25, 0.3) is 0 Å². The molecule has 0 amide bonds. The van der Waals surface area contributed by atoms with Gasteiger partial charge in [0.2, 0.25) is 0 Å². The molecule has 0 aliphatic carbocycles. The number of rotatable bonds is 48. The van der Waals surface area contributed by atoms with E-state index in [9.17, 15) is 30.6 Å². The van der Waals surface area contributed by atoms with Crippen molar-refractivity contribution in [1.29, 1.82) is 0 Å². The van der Waals surface area contributed by atoms with Gasteiger partial charge in [-0.05, 0) is 107 Å². The summed E-state index contributed by atoms with van der Waals surface area (Å²) in [7, 11) is 0. The molecule has 444 valence electrons. The molecule has 4 aromatic rings. The lowest BCUT2D eigenvalue weighted by Crippen LogP contribution is -2.25. The fourth-order valence-corrected chi connectivity index (χ4v) is 7.89. The van der Waals surface area contributed by atoms with Gasteiger partial charge in [-0.3, -0.25) is 0 Å². The van der Waals surface area contributed by atoms with Crippen LogP contribution < -0.4 is 28.4 Å². The number of hydrogen-bond donors (Lipinski definition) is 6. The molecular formula is C60H96O18. The van der Waals surface area contributed by atoms with Gasteiger partial charge in [0, 0.05) is 39.6 Å². The van der Waals surface area contributed by atoms with Crippen LogP contribution in [0.5, 0.6) is 34.5 Å². The monoisotopic (exact) mass is 1100 g/mol. The predicted molar refractivity (Wildman–Crippen MR) is 302 cm³/mol. The van der Waals surface area contributed by atoms with Crippen molar-refractivity contribution in [2.45, 2.75) is 155 Å². The van der Waals surface area contributed by atoms with Gasteiger partial charge in [-0.2, -0.15) is 0 Å². The van der Waals surface area contributed by atoms with Gasteiger partial charge in [-0.1, -0.05) is 80.1 Å². The van der Waals surface area contributed by atoms with Crippen molar-refractivity contribution in [3.63, 3.8) is 0 Å². The second-order valence-electron chi connectivity index (χ2n) is 19.9. The van der Waals surface area contributed by atoms with Crippen LogP contribution in [0.1, 0.15) is 119 Å². The minimum Gasteiger partial charge on any atom is -0.487 e. The van der Waals surface area contributed by atoms with Gasteiger partial charge < -0.3 is 87.5 Å². The zero-order valence-electron chi connectivity index (χ0n) is 47.7. The minimum atomic E-state index is -0.979. The van der Waals surface area contributed by atoms with Crippen LogP contribution in [0, 0.1) is 0 Å². The third-order valence-corrected chi connectivity index (χ3v) is 12.4. The molecule has 0 radical (unpaired) electrons. The first-order valence-electron chi connectivity index (χ1n) is 28.8. The van der Waals surface area contributed by atoms with Gasteiger partial charge in [-0.15, -0.1) is 0 Å². The highest BCUT2D eigenvalue weighted by molar-refractivity contribution is 6.26. The zero-order valence-corrected chi connectivity index (χ0v) is 47.7. The van der Waals surface area contributed by atoms with Crippen molar-refractivity contribution in [2.75, 3.05) is 119 Å². The maximum Gasteiger partial charge on any atom is 0.161 e. The van der Waals surface area contributed by atoms with Crippen molar-refractivity contribution < 1.29 is 87.5 Å². The quantitative estimate of drug-likeness (QED) is 0.0180. The zero-order chi connectivity index (χ0) is 56.3. The molecule has 78 heavy (non-hydrogen) atoms. The van der Waals surface area contributed by atoms with E-state index in [1.807, 2.05) is 0 Å². The Morgan fingerprint density at radius 2 is 0.385 bits per heavy atom. The highest BCUT2D eigenvalue weighted by Crippen LogP contribution is 2.47. The van der Waals surface area contributed by atoms with Crippen molar-refractivity contribution in [3.8, 4) is 34.5 Å². The fraction of sp³-hybridized carbons (Fsp3) is 0.700. The summed E-state index contributed by atoms with van der Waals surface area (Å²) in [6.07, 6.45) is 4.92. The number of fused-ring (bicyclic) bond motifs is 6. The molecule has 0 saturated heterocycles. The van der Waals surface area contributed by atoms with Crippen LogP contribution in [-0.2, 0) is 28.4 Å². The van der Waals surface area contributed by atoms with E-state index < -0.39 is 36.6 Å². The van der Waals surface area contributed by atoms with Crippen molar-refractivity contribution in [2.24, 2.45) is 0 Å². The Bertz CT molecular complexity index is 1790. The van der Waals surface area contributed by atoms with E-state index in [-0.39, 0.29) is 114 Å². The first kappa shape index (κ1) is 66.5. The molecule has 4 aromatic carbocycles. The van der Waals surface area contributed by atoms with Crippen LogP contribution in [0.3, 0.4) is 0 Å². The molecule has 0 spiro atoms. The van der Waals surface area contributed by atoms with Gasteiger partial charge in [0.1, 0.15) is 76.3 Å². The van der Waals surface area contributed by atoms with Crippen LogP contribution >= 0.6 is 0 Å². The number of aliphatic hydroxyl groups excluding tert-OH is 6. The summed E-state index contributed by atoms with van der Waals surface area (Å²) in [4.78, 5) is 0. The van der Waals surface area contributed by atoms with Gasteiger partial charge in [0.05, 0.1) is 39.6 Å². The van der Waals surface area contributed by atoms with E-state index >= 15 is 0 Å². The summed E-state index contributed by atoms with van der Waals surface area (Å²) in [6.45, 7) is 14.8. The fourth-order valence-electron chi connectivity index (χ4n) is 7.89. The molecule has 0 heterocycles. The largest absolute Gasteiger partial charge is 0.487 e. The summed E-state index contributed by atoms with van der Waals surface area (Å²) in [6, 6.07) is 10.8. The predicted octanol–water partition coefficient (Wildman–Crippen LogP) is 8.48. The molecular weight excluding hydrogens is 1010 g/mol. The topological polar surface area (TPSA) is 232 Å². The van der Waals surface area contributed by atoms with Crippen molar-refractivity contribution >= 4 is 32.3 Å². The lowest BCUT2D eigenvalue weighted by atomic mass is 9.93. The first-order chi connectivity index (χ1) is 38.0. The molecule has 0 aliphatic heterocycles. The molecule has 0 aliphatic rings. The number of hydrogen-bond acceptors (Lipinski definition) is 18. The molecule has 0 aromatic heterocycles. The van der Waals surface area contributed by atoms with E-state index in [1.54, 1.807) is 36.4 Å². The van der Waals surface area contributed by atoms with Gasteiger partial charge in [-0.25, -0.2) is 0 Å². The SMILES string of the molecule is CCCCOCC(O)COc1cc2c3cc(OCC(O)COCCCC)c(OCC(O)COCCCC)cc3c3cc(OCC(O)COCCCC)c(OCC(O)COCCCC)cc3c2cc1OCC(O)COCCCC. The Labute approximate surface area is 463 Å². The molecule has 6 unspecified atom stereocenters. The number of aliphatic hydroxyl groups is 6. The maximum atomic E-state index is 11.1. The Morgan fingerprint density at radius 1 is 0.244 bits per heavy atom. The standard InChI is InChI=1S/C60H96O18/c1-7-13-19-67-31-43(61)37-73-55-25-49-50(26-56(55)74-38-44(62)32-68-20-14-8-2)52-28-58(76-40-46(64)34-70-22-16-10-4)60(78-42-48(66)36-72-24-18-12-6)30-54(52)53-29-59(77-41-47(65)35-71-23-17-11-5)57(27-51(49)53)75-39-45(63)33-69-21-15-9-3/h25-30,43-48,61-66H,7-24,31-42H2,1-6H3. The number of benzene rings is 4. The maximum absolute atomic E-state index is 11.1. The summed E-state index contributed by atoms with van der Waals surface area (Å²) < 4.78 is 72.7. The molecule has 6 atom stereocenters. The normalized spacial score (nSPS) is 14.2. The Hall–Kier alpha value is -4.02. The van der Waals surface area contributed by atoms with E-state index in [0.717, 1.165) is 77.0 Å². The second-order valence-corrected chi connectivity index (χ2v) is 19.9. The Kier molecular flexibility index (Phi) is 33.6. The summed E-state index contributed by atoms with van der Waals surface area (Å²) in [5, 5.41) is 70.2. The van der Waals surface area contributed by atoms with Crippen LogP contribution in [-0.4, -0.2) is 186 Å². The lowest BCUT2D eigenvalue weighted by Gasteiger charge is -2.22. The Morgan fingerprint density at radius 3 is 0.513 bits per heavy atom. The van der Waals surface area contributed by atoms with Crippen molar-refractivity contribution in [3.05, 3.63) is 36.4 Å². The van der Waals surface area contributed by atoms with Crippen LogP contribution in [0.4, 0.5) is 0 Å². The highest BCUT2D eigenvalue weighted by Gasteiger charge is 2.23. The minimum absolute atomic E-state index is 0.0549. The molecule has 6 N–H and O–H groups in total. The highest BCUT2D eigenvalue weighted by atomic mass is 16.6. The van der Waals surface area contributed by atoms with E-state index in [1.165, 1.54) is 0 Å². The van der Waals surface area contributed by atoms with Gasteiger partial charge in [0.15, 0.2) is 34.5 Å². The third kappa shape index (κ3) is 24.4. The average Bonchev–Trinajstić information content (AvgIpc) is 3.59. The van der Waals surface area contributed by atoms with E-state index in [4.69, 9.17) is 56.8 Å². The summed E-state index contributed by atoms with van der Waals surface area (Å²) >= 11 is 0. The van der Waals surface area contributed by atoms with Gasteiger partial charge >= 0.3 is 0 Å². The Balaban J connectivity index is 2.00. The second kappa shape index (κ2) is 39.4. The molecule has 0 fully saturated rings. The van der Waals surface area contributed by atoms with E-state index in [2.05, 4.69) is 41.5 Å². The third-order valence-electron chi connectivity index (χ3n) is 12.4. The molecule has 18 nitrogen and oxygen atoms in total. The van der Waals surface area contributed by atoms with E-state index in [0.29, 0.717) is 72.0 Å². The van der Waals surface area contributed by atoms with Crippen LogP contribution in [0.25, 0.3) is 32.3 Å². The summed E-state index contributed by atoms with van der Waals surface area (Å²) in [5.74, 6) is 1.59. The van der Waals surface area contributed by atoms with Crippen molar-refractivity contribution in [1.82, 2.24) is 0 Å². The van der Waals surface area contributed by atoms with Crippen LogP contribution in [0.2, 0.25) is 0 Å². The molecule has 4 rings (SSSR count). The summed E-state index contributed by atoms with van der Waals surface area (Å²) in [5.41, 5.74) is 0. The molecule has 0 bridgehead atoms. The average molecular weight is 1110 g/mol. The lowest BCUT2D eigenvalue weighted by molar-refractivity contribution is 0.00594. The smallest absolute Gasteiger partial charge is 0.161 e. The number of ether oxygens (including phenoxy) is 12. The number of unbranched alkanes of at least 4 members (excludes halogenated alkanes) is 6.